The number of pyridine rings is 1. The van der Waals surface area contributed by atoms with Gasteiger partial charge in [0.15, 0.2) is 0 Å². The highest BCUT2D eigenvalue weighted by molar-refractivity contribution is 6.06. The molecule has 0 aliphatic carbocycles. The van der Waals surface area contributed by atoms with Crippen LogP contribution < -0.4 is 27.2 Å². The van der Waals surface area contributed by atoms with Gasteiger partial charge in [-0.2, -0.15) is 0 Å². The van der Waals surface area contributed by atoms with Crippen LogP contribution in [0.3, 0.4) is 0 Å². The van der Waals surface area contributed by atoms with Gasteiger partial charge in [-0.05, 0) is 55.2 Å². The van der Waals surface area contributed by atoms with Gasteiger partial charge < -0.3 is 16.4 Å². The first-order valence-electron chi connectivity index (χ1n) is 9.93. The predicted octanol–water partition coefficient (Wildman–Crippen LogP) is 4.80. The van der Waals surface area contributed by atoms with Crippen molar-refractivity contribution in [1.82, 2.24) is 4.98 Å². The minimum absolute atomic E-state index is 0.325. The van der Waals surface area contributed by atoms with Crippen LogP contribution in [-0.2, 0) is 0 Å². The number of nitrogens with two attached hydrogens (primary N) is 2. The van der Waals surface area contributed by atoms with Crippen LogP contribution in [0.5, 0.6) is 0 Å². The van der Waals surface area contributed by atoms with E-state index in [1.54, 1.807) is 30.7 Å². The molecule has 0 unspecified atom stereocenters. The number of carbonyl (C=O) groups excluding carboxylic acids is 1. The summed E-state index contributed by atoms with van der Waals surface area (Å²) in [6.07, 6.45) is 7.01. The smallest absolute Gasteiger partial charge is 0.323 e. The summed E-state index contributed by atoms with van der Waals surface area (Å²) in [6, 6.07) is 14.5. The van der Waals surface area contributed by atoms with Crippen LogP contribution >= 0.6 is 0 Å². The lowest BCUT2D eigenvalue weighted by Crippen LogP contribution is -2.26. The Morgan fingerprint density at radius 3 is 2.63 bits per heavy atom. The number of amides is 2. The van der Waals surface area contributed by atoms with Crippen molar-refractivity contribution in [1.29, 1.82) is 0 Å². The molecule has 7 heteroatoms. The van der Waals surface area contributed by atoms with Crippen LogP contribution in [0.4, 0.5) is 21.9 Å². The number of hydrogen-bond donors (Lipinski definition) is 4. The van der Waals surface area contributed by atoms with Crippen molar-refractivity contribution in [3.05, 3.63) is 72.8 Å². The van der Waals surface area contributed by atoms with E-state index in [0.717, 1.165) is 40.7 Å². The van der Waals surface area contributed by atoms with Crippen molar-refractivity contribution in [2.75, 3.05) is 15.6 Å². The van der Waals surface area contributed by atoms with Crippen LogP contribution in [0.15, 0.2) is 72.8 Å². The van der Waals surface area contributed by atoms with E-state index in [9.17, 15) is 4.79 Å². The van der Waals surface area contributed by atoms with Gasteiger partial charge in [-0.25, -0.2) is 10.6 Å². The number of benzene rings is 2. The van der Waals surface area contributed by atoms with E-state index in [1.807, 2.05) is 36.4 Å². The number of rotatable bonds is 7. The molecule has 1 heterocycles. The van der Waals surface area contributed by atoms with E-state index in [4.69, 9.17) is 11.6 Å². The molecular formula is C23H28N6O. The quantitative estimate of drug-likeness (QED) is 0.334. The molecule has 0 fully saturated rings. The van der Waals surface area contributed by atoms with Gasteiger partial charge in [-0.15, -0.1) is 0 Å². The van der Waals surface area contributed by atoms with E-state index in [-0.39, 0.29) is 6.03 Å². The average molecular weight is 405 g/mol. The third-order valence-corrected chi connectivity index (χ3v) is 4.67. The van der Waals surface area contributed by atoms with Crippen LogP contribution in [-0.4, -0.2) is 11.0 Å². The van der Waals surface area contributed by atoms with E-state index >= 15 is 0 Å². The Balaban J connectivity index is 1.61. The van der Waals surface area contributed by atoms with E-state index < -0.39 is 0 Å². The van der Waals surface area contributed by atoms with Crippen molar-refractivity contribution in [2.45, 2.75) is 26.7 Å². The SMILES string of the molecule is CC(C)CC/C(N)=C/N(N)c1ccc(NC(=O)Nc2cccc3cnccc23)cc1. The second-order valence-electron chi connectivity index (χ2n) is 7.57. The van der Waals surface area contributed by atoms with Crippen LogP contribution in [0.2, 0.25) is 0 Å². The molecule has 0 atom stereocenters. The van der Waals surface area contributed by atoms with E-state index in [1.165, 1.54) is 5.01 Å². The second kappa shape index (κ2) is 9.76. The summed E-state index contributed by atoms with van der Waals surface area (Å²) in [6.45, 7) is 4.32. The molecule has 0 radical (unpaired) electrons. The minimum Gasteiger partial charge on any atom is -0.401 e. The van der Waals surface area contributed by atoms with Crippen LogP contribution in [0, 0.1) is 5.92 Å². The summed E-state index contributed by atoms with van der Waals surface area (Å²) < 4.78 is 0. The van der Waals surface area contributed by atoms with Gasteiger partial charge in [-0.1, -0.05) is 26.0 Å². The molecule has 30 heavy (non-hydrogen) atoms. The van der Waals surface area contributed by atoms with Gasteiger partial charge in [0.2, 0.25) is 0 Å². The molecule has 2 amide bonds. The molecule has 0 aliphatic heterocycles. The Kier molecular flexibility index (Phi) is 6.87. The molecule has 3 rings (SSSR count). The van der Waals surface area contributed by atoms with Gasteiger partial charge in [-0.3, -0.25) is 9.99 Å². The number of aromatic nitrogens is 1. The molecule has 0 saturated carbocycles. The van der Waals surface area contributed by atoms with Crippen LogP contribution in [0.1, 0.15) is 26.7 Å². The Hall–Kier alpha value is -3.58. The number of urea groups is 1. The van der Waals surface area contributed by atoms with Crippen molar-refractivity contribution in [3.63, 3.8) is 0 Å². The third kappa shape index (κ3) is 5.71. The molecule has 3 aromatic rings. The minimum atomic E-state index is -0.325. The molecule has 0 spiro atoms. The first-order valence-corrected chi connectivity index (χ1v) is 9.93. The molecule has 0 bridgehead atoms. The number of hydrogen-bond acceptors (Lipinski definition) is 5. The Bertz CT molecular complexity index is 1020. The number of nitrogens with zero attached hydrogens (tertiary/aromatic N) is 2. The topological polar surface area (TPSA) is 109 Å². The summed E-state index contributed by atoms with van der Waals surface area (Å²) in [5.41, 5.74) is 8.92. The molecule has 6 N–H and O–H groups in total. The van der Waals surface area contributed by atoms with Gasteiger partial charge in [0.05, 0.1) is 11.4 Å². The highest BCUT2D eigenvalue weighted by atomic mass is 16.2. The standard InChI is InChI=1S/C23H28N6O/c1-16(2)6-7-18(24)15-29(25)20-10-8-19(9-11-20)27-23(30)28-22-5-3-4-17-14-26-13-12-21(17)22/h3-5,8-16H,6-7,24-25H2,1-2H3,(H2,27,28,30)/b18-15-. The third-order valence-electron chi connectivity index (χ3n) is 4.67. The van der Waals surface area contributed by atoms with Crippen molar-refractivity contribution >= 4 is 33.9 Å². The first-order chi connectivity index (χ1) is 14.4. The maximum atomic E-state index is 12.4. The predicted molar refractivity (Wildman–Crippen MR) is 124 cm³/mol. The zero-order valence-electron chi connectivity index (χ0n) is 17.3. The zero-order valence-corrected chi connectivity index (χ0v) is 17.3. The molecule has 2 aromatic carbocycles. The van der Waals surface area contributed by atoms with Crippen molar-refractivity contribution in [3.8, 4) is 0 Å². The van der Waals surface area contributed by atoms with E-state index in [2.05, 4.69) is 29.5 Å². The van der Waals surface area contributed by atoms with Gasteiger partial charge in [0.1, 0.15) is 0 Å². The lowest BCUT2D eigenvalue weighted by atomic mass is 10.1. The number of fused-ring (bicyclic) bond motifs is 1. The van der Waals surface area contributed by atoms with Gasteiger partial charge in [0.25, 0.3) is 0 Å². The van der Waals surface area contributed by atoms with Crippen LogP contribution in [0.25, 0.3) is 10.8 Å². The fraction of sp³-hybridized carbons (Fsp3) is 0.217. The van der Waals surface area contributed by atoms with Crippen molar-refractivity contribution < 1.29 is 4.79 Å². The number of nitrogens with one attached hydrogen (secondary N) is 2. The van der Waals surface area contributed by atoms with Crippen molar-refractivity contribution in [2.24, 2.45) is 17.5 Å². The van der Waals surface area contributed by atoms with Gasteiger partial charge in [0, 0.05) is 40.8 Å². The second-order valence-corrected chi connectivity index (χ2v) is 7.57. The number of carbonyl (C=O) groups is 1. The molecule has 0 saturated heterocycles. The zero-order chi connectivity index (χ0) is 21.5. The first kappa shape index (κ1) is 21.1. The summed E-state index contributed by atoms with van der Waals surface area (Å²) >= 11 is 0. The number of anilines is 3. The van der Waals surface area contributed by atoms with Gasteiger partial charge >= 0.3 is 6.03 Å². The highest BCUT2D eigenvalue weighted by Gasteiger charge is 2.07. The lowest BCUT2D eigenvalue weighted by molar-refractivity contribution is 0.262. The fourth-order valence-corrected chi connectivity index (χ4v) is 3.01. The molecule has 7 nitrogen and oxygen atoms in total. The summed E-state index contributed by atoms with van der Waals surface area (Å²) in [4.78, 5) is 16.5. The van der Waals surface area contributed by atoms with E-state index in [0.29, 0.717) is 11.6 Å². The summed E-state index contributed by atoms with van der Waals surface area (Å²) in [5, 5.41) is 9.09. The molecule has 0 aliphatic rings. The fourth-order valence-electron chi connectivity index (χ4n) is 3.01. The number of allylic oxidation sites excluding steroid dienone is 1. The highest BCUT2D eigenvalue weighted by Crippen LogP contribution is 2.23. The maximum absolute atomic E-state index is 12.4. The largest absolute Gasteiger partial charge is 0.401 e. The maximum Gasteiger partial charge on any atom is 0.323 e. The monoisotopic (exact) mass is 404 g/mol. The summed E-state index contributed by atoms with van der Waals surface area (Å²) in [7, 11) is 0. The molecular weight excluding hydrogens is 376 g/mol. The Morgan fingerprint density at radius 2 is 1.90 bits per heavy atom. The average Bonchev–Trinajstić information content (AvgIpc) is 2.73. The normalized spacial score (nSPS) is 11.5. The molecule has 156 valence electrons. The Morgan fingerprint density at radius 1 is 1.13 bits per heavy atom. The lowest BCUT2D eigenvalue weighted by Gasteiger charge is -2.16. The summed E-state index contributed by atoms with van der Waals surface area (Å²) in [5.74, 6) is 6.67. The number of hydrazine groups is 1. The Labute approximate surface area is 176 Å². The molecule has 1 aromatic heterocycles.